The van der Waals surface area contributed by atoms with Crippen molar-refractivity contribution in [2.45, 2.75) is 85.0 Å². The van der Waals surface area contributed by atoms with Crippen molar-refractivity contribution < 1.29 is 23.9 Å². The van der Waals surface area contributed by atoms with Crippen LogP contribution in [-0.4, -0.2) is 74.9 Å². The summed E-state index contributed by atoms with van der Waals surface area (Å²) in [7, 11) is 0. The van der Waals surface area contributed by atoms with E-state index in [0.717, 1.165) is 25.7 Å². The maximum Gasteiger partial charge on any atom is 0.410 e. The number of amides is 2. The lowest BCUT2D eigenvalue weighted by molar-refractivity contribution is 0.00607. The highest BCUT2D eigenvalue weighted by atomic mass is 16.6. The van der Waals surface area contributed by atoms with E-state index in [2.05, 4.69) is 5.10 Å². The Morgan fingerprint density at radius 1 is 1.00 bits per heavy atom. The van der Waals surface area contributed by atoms with Gasteiger partial charge < -0.3 is 19.3 Å². The standard InChI is InChI=1S/C24H38N4O5/c1-23(2,3)32-21(30)18-16-19-20(29)26(11-7-12-28(19)25-18)13-8-17-9-14-27(15-10-17)22(31)33-24(4,5)6/h16-17H,7-15H2,1-6H3. The SMILES string of the molecule is CC(C)(C)OC(=O)c1cc2n(n1)CCCN(CCC1CCN(C(=O)OC(C)(C)C)CC1)C2=O. The van der Waals surface area contributed by atoms with Gasteiger partial charge in [0.05, 0.1) is 0 Å². The molecule has 0 unspecified atom stereocenters. The van der Waals surface area contributed by atoms with Crippen LogP contribution in [0.3, 0.4) is 0 Å². The minimum atomic E-state index is -0.618. The van der Waals surface area contributed by atoms with E-state index in [1.54, 1.807) is 36.4 Å². The second kappa shape index (κ2) is 9.73. The molecule has 1 fully saturated rings. The zero-order valence-corrected chi connectivity index (χ0v) is 20.8. The van der Waals surface area contributed by atoms with Gasteiger partial charge in [0, 0.05) is 38.8 Å². The lowest BCUT2D eigenvalue weighted by Gasteiger charge is -2.34. The molecule has 2 aliphatic heterocycles. The molecule has 0 N–H and O–H groups in total. The summed E-state index contributed by atoms with van der Waals surface area (Å²) in [6.45, 7) is 14.3. The van der Waals surface area contributed by atoms with E-state index < -0.39 is 17.2 Å². The molecule has 0 radical (unpaired) electrons. The van der Waals surface area contributed by atoms with Crippen molar-refractivity contribution in [3.63, 3.8) is 0 Å². The molecule has 2 aliphatic rings. The number of hydrogen-bond donors (Lipinski definition) is 0. The fraction of sp³-hybridized carbons (Fsp3) is 0.750. The molecule has 1 aromatic rings. The van der Waals surface area contributed by atoms with Crippen molar-refractivity contribution in [1.29, 1.82) is 0 Å². The highest BCUT2D eigenvalue weighted by Crippen LogP contribution is 2.24. The Balaban J connectivity index is 1.54. The molecule has 0 aliphatic carbocycles. The van der Waals surface area contributed by atoms with Crippen LogP contribution in [0.25, 0.3) is 0 Å². The third kappa shape index (κ3) is 6.95. The Morgan fingerprint density at radius 2 is 1.64 bits per heavy atom. The minimum Gasteiger partial charge on any atom is -0.455 e. The average molecular weight is 463 g/mol. The molecule has 0 aromatic carbocycles. The van der Waals surface area contributed by atoms with Crippen molar-refractivity contribution >= 4 is 18.0 Å². The predicted molar refractivity (Wildman–Crippen MR) is 123 cm³/mol. The van der Waals surface area contributed by atoms with Crippen LogP contribution in [0.5, 0.6) is 0 Å². The number of aryl methyl sites for hydroxylation is 1. The molecule has 1 saturated heterocycles. The maximum atomic E-state index is 13.1. The maximum absolute atomic E-state index is 13.1. The molecule has 2 amide bonds. The quantitative estimate of drug-likeness (QED) is 0.633. The van der Waals surface area contributed by atoms with Gasteiger partial charge in [-0.2, -0.15) is 5.10 Å². The molecule has 0 saturated carbocycles. The molecule has 33 heavy (non-hydrogen) atoms. The first-order chi connectivity index (χ1) is 15.3. The smallest absolute Gasteiger partial charge is 0.410 e. The van der Waals surface area contributed by atoms with E-state index in [1.165, 1.54) is 0 Å². The van der Waals surface area contributed by atoms with Crippen molar-refractivity contribution in [1.82, 2.24) is 19.6 Å². The summed E-state index contributed by atoms with van der Waals surface area (Å²) in [6.07, 6.45) is 3.23. The first kappa shape index (κ1) is 25.1. The van der Waals surface area contributed by atoms with E-state index in [4.69, 9.17) is 9.47 Å². The fourth-order valence-electron chi connectivity index (χ4n) is 4.15. The van der Waals surface area contributed by atoms with Crippen LogP contribution < -0.4 is 0 Å². The molecule has 184 valence electrons. The molecule has 0 atom stereocenters. The zero-order valence-electron chi connectivity index (χ0n) is 20.8. The van der Waals surface area contributed by atoms with Crippen LogP contribution >= 0.6 is 0 Å². The van der Waals surface area contributed by atoms with Gasteiger partial charge in [0.2, 0.25) is 0 Å². The number of piperidine rings is 1. The number of hydrogen-bond acceptors (Lipinski definition) is 6. The van der Waals surface area contributed by atoms with E-state index in [-0.39, 0.29) is 17.7 Å². The van der Waals surface area contributed by atoms with E-state index in [9.17, 15) is 14.4 Å². The Hall–Kier alpha value is -2.58. The Morgan fingerprint density at radius 3 is 2.24 bits per heavy atom. The van der Waals surface area contributed by atoms with E-state index in [0.29, 0.717) is 44.3 Å². The normalized spacial score (nSPS) is 18.1. The van der Waals surface area contributed by atoms with Crippen molar-refractivity contribution in [3.8, 4) is 0 Å². The van der Waals surface area contributed by atoms with Crippen molar-refractivity contribution in [2.24, 2.45) is 5.92 Å². The lowest BCUT2D eigenvalue weighted by Crippen LogP contribution is -2.42. The van der Waals surface area contributed by atoms with Crippen molar-refractivity contribution in [3.05, 3.63) is 17.5 Å². The number of esters is 1. The Kier molecular flexibility index (Phi) is 7.39. The average Bonchev–Trinajstić information content (AvgIpc) is 3.06. The number of nitrogens with zero attached hydrogens (tertiary/aromatic N) is 4. The van der Waals surface area contributed by atoms with Crippen LogP contribution in [0.1, 0.15) is 88.2 Å². The summed E-state index contributed by atoms with van der Waals surface area (Å²) in [4.78, 5) is 41.4. The minimum absolute atomic E-state index is 0.0963. The summed E-state index contributed by atoms with van der Waals surface area (Å²) in [6, 6.07) is 1.55. The molecule has 1 aromatic heterocycles. The molecular weight excluding hydrogens is 424 g/mol. The number of carbonyl (C=O) groups is 3. The highest BCUT2D eigenvalue weighted by molar-refractivity contribution is 5.96. The van der Waals surface area contributed by atoms with Gasteiger partial charge >= 0.3 is 12.1 Å². The predicted octanol–water partition coefficient (Wildman–Crippen LogP) is 3.72. The third-order valence-electron chi connectivity index (χ3n) is 5.77. The van der Waals surface area contributed by atoms with Gasteiger partial charge in [-0.25, -0.2) is 9.59 Å². The number of aromatic nitrogens is 2. The molecule has 0 spiro atoms. The number of fused-ring (bicyclic) bond motifs is 1. The summed E-state index contributed by atoms with van der Waals surface area (Å²) in [5, 5.41) is 4.33. The van der Waals surface area contributed by atoms with Crippen LogP contribution in [0, 0.1) is 5.92 Å². The molecule has 0 bridgehead atoms. The number of ether oxygens (including phenoxy) is 2. The first-order valence-corrected chi connectivity index (χ1v) is 11.9. The van der Waals surface area contributed by atoms with Crippen LogP contribution in [0.2, 0.25) is 0 Å². The molecule has 9 heteroatoms. The Bertz CT molecular complexity index is 872. The fourth-order valence-corrected chi connectivity index (χ4v) is 4.15. The largest absolute Gasteiger partial charge is 0.455 e. The highest BCUT2D eigenvalue weighted by Gasteiger charge is 2.30. The van der Waals surface area contributed by atoms with Gasteiger partial charge in [0.25, 0.3) is 5.91 Å². The summed E-state index contributed by atoms with van der Waals surface area (Å²) in [5.41, 5.74) is -0.498. The van der Waals surface area contributed by atoms with Gasteiger partial charge in [-0.05, 0) is 73.1 Å². The van der Waals surface area contributed by atoms with Crippen LogP contribution in [-0.2, 0) is 16.0 Å². The van der Waals surface area contributed by atoms with Gasteiger partial charge in [-0.1, -0.05) is 0 Å². The lowest BCUT2D eigenvalue weighted by atomic mass is 9.93. The van der Waals surface area contributed by atoms with E-state index >= 15 is 0 Å². The number of carbonyl (C=O) groups excluding carboxylic acids is 3. The van der Waals surface area contributed by atoms with Gasteiger partial charge in [-0.3, -0.25) is 9.48 Å². The summed E-state index contributed by atoms with van der Waals surface area (Å²) < 4.78 is 12.5. The van der Waals surface area contributed by atoms with Gasteiger partial charge in [-0.15, -0.1) is 0 Å². The second-order valence-electron chi connectivity index (χ2n) is 11.0. The van der Waals surface area contributed by atoms with Crippen molar-refractivity contribution in [2.75, 3.05) is 26.2 Å². The molecule has 3 heterocycles. The van der Waals surface area contributed by atoms with Gasteiger partial charge in [0.15, 0.2) is 5.69 Å². The number of rotatable bonds is 4. The van der Waals surface area contributed by atoms with E-state index in [1.807, 2.05) is 25.7 Å². The summed E-state index contributed by atoms with van der Waals surface area (Å²) in [5.74, 6) is -0.151. The van der Waals surface area contributed by atoms with Gasteiger partial charge in [0.1, 0.15) is 16.9 Å². The monoisotopic (exact) mass is 462 g/mol. The first-order valence-electron chi connectivity index (χ1n) is 11.9. The molecular formula is C24H38N4O5. The zero-order chi connectivity index (χ0) is 24.4. The summed E-state index contributed by atoms with van der Waals surface area (Å²) >= 11 is 0. The molecule has 9 nitrogen and oxygen atoms in total. The second-order valence-corrected chi connectivity index (χ2v) is 11.0. The third-order valence-corrected chi connectivity index (χ3v) is 5.77. The molecule has 3 rings (SSSR count). The van der Waals surface area contributed by atoms with Crippen LogP contribution in [0.4, 0.5) is 4.79 Å². The van der Waals surface area contributed by atoms with Crippen LogP contribution in [0.15, 0.2) is 6.07 Å². The topological polar surface area (TPSA) is 94.0 Å². The number of likely N-dealkylation sites (tertiary alicyclic amines) is 1. The Labute approximate surface area is 196 Å².